The summed E-state index contributed by atoms with van der Waals surface area (Å²) >= 11 is 6.08. The van der Waals surface area contributed by atoms with Gasteiger partial charge in [-0.25, -0.2) is 0 Å². The summed E-state index contributed by atoms with van der Waals surface area (Å²) in [6.07, 6.45) is 3.79. The van der Waals surface area contributed by atoms with Gasteiger partial charge in [-0.1, -0.05) is 11.6 Å². The number of hydrogen-bond donors (Lipinski definition) is 2. The van der Waals surface area contributed by atoms with Gasteiger partial charge in [-0.05, 0) is 43.9 Å². The first-order valence-corrected chi connectivity index (χ1v) is 6.98. The maximum atomic E-state index is 12.6. The lowest BCUT2D eigenvalue weighted by Crippen LogP contribution is -2.45. The Labute approximate surface area is 118 Å². The highest BCUT2D eigenvalue weighted by atomic mass is 35.5. The van der Waals surface area contributed by atoms with Crippen LogP contribution in [0, 0.1) is 0 Å². The van der Waals surface area contributed by atoms with Crippen molar-refractivity contribution >= 4 is 23.2 Å². The molecule has 1 aromatic carbocycles. The number of halogens is 1. The number of nitrogens with zero attached hydrogens (tertiary/aromatic N) is 1. The number of hydrogen-bond acceptors (Lipinski definition) is 3. The molecule has 0 aliphatic heterocycles. The lowest BCUT2D eigenvalue weighted by atomic mass is 9.90. The first kappa shape index (κ1) is 14.2. The lowest BCUT2D eigenvalue weighted by molar-refractivity contribution is 0.0563. The molecule has 1 aliphatic carbocycles. The van der Waals surface area contributed by atoms with Crippen LogP contribution in [0.25, 0.3) is 0 Å². The van der Waals surface area contributed by atoms with Gasteiger partial charge in [0, 0.05) is 24.9 Å². The summed E-state index contributed by atoms with van der Waals surface area (Å²) in [4.78, 5) is 14.4. The SMILES string of the molecule is Nc1ccc(Cl)c(C(=O)N(CCCO)C2CCC2)c1. The molecule has 0 radical (unpaired) electrons. The molecule has 1 fully saturated rings. The largest absolute Gasteiger partial charge is 0.399 e. The molecule has 0 spiro atoms. The molecule has 0 saturated heterocycles. The van der Waals surface area contributed by atoms with Crippen LogP contribution >= 0.6 is 11.6 Å². The highest BCUT2D eigenvalue weighted by Gasteiger charge is 2.29. The van der Waals surface area contributed by atoms with Crippen molar-refractivity contribution in [3.8, 4) is 0 Å². The van der Waals surface area contributed by atoms with Gasteiger partial charge in [0.1, 0.15) is 0 Å². The third kappa shape index (κ3) is 3.19. The zero-order chi connectivity index (χ0) is 13.8. The maximum absolute atomic E-state index is 12.6. The quantitative estimate of drug-likeness (QED) is 0.815. The normalized spacial score (nSPS) is 15.1. The Hall–Kier alpha value is -1.26. The van der Waals surface area contributed by atoms with Crippen molar-refractivity contribution in [3.63, 3.8) is 0 Å². The van der Waals surface area contributed by atoms with Crippen LogP contribution in [0.4, 0.5) is 5.69 Å². The van der Waals surface area contributed by atoms with Gasteiger partial charge in [-0.3, -0.25) is 4.79 Å². The van der Waals surface area contributed by atoms with Crippen molar-refractivity contribution in [1.29, 1.82) is 0 Å². The number of aliphatic hydroxyl groups is 1. The molecule has 5 heteroatoms. The van der Waals surface area contributed by atoms with Crippen LogP contribution < -0.4 is 5.73 Å². The van der Waals surface area contributed by atoms with Gasteiger partial charge >= 0.3 is 0 Å². The number of nitrogen functional groups attached to an aromatic ring is 1. The Bertz CT molecular complexity index is 461. The minimum absolute atomic E-state index is 0.0845. The van der Waals surface area contributed by atoms with Crippen LogP contribution in [0.5, 0.6) is 0 Å². The standard InChI is InChI=1S/C14H19ClN2O2/c15-13-6-5-10(16)9-12(13)14(19)17(7-2-8-18)11-3-1-4-11/h5-6,9,11,18H,1-4,7-8,16H2. The highest BCUT2D eigenvalue weighted by Crippen LogP contribution is 2.28. The lowest BCUT2D eigenvalue weighted by Gasteiger charge is -2.37. The first-order chi connectivity index (χ1) is 9.13. The summed E-state index contributed by atoms with van der Waals surface area (Å²) in [5.41, 5.74) is 6.70. The van der Waals surface area contributed by atoms with Gasteiger partial charge in [-0.15, -0.1) is 0 Å². The van der Waals surface area contributed by atoms with E-state index in [1.807, 2.05) is 4.90 Å². The Morgan fingerprint density at radius 1 is 1.47 bits per heavy atom. The van der Waals surface area contributed by atoms with Crippen molar-refractivity contribution in [3.05, 3.63) is 28.8 Å². The molecule has 2 rings (SSSR count). The second-order valence-electron chi connectivity index (χ2n) is 4.90. The van der Waals surface area contributed by atoms with Gasteiger partial charge in [0.25, 0.3) is 5.91 Å². The molecular weight excluding hydrogens is 264 g/mol. The van der Waals surface area contributed by atoms with E-state index in [2.05, 4.69) is 0 Å². The van der Waals surface area contributed by atoms with E-state index in [0.29, 0.717) is 29.2 Å². The van der Waals surface area contributed by atoms with Crippen molar-refractivity contribution in [2.24, 2.45) is 0 Å². The summed E-state index contributed by atoms with van der Waals surface area (Å²) in [5.74, 6) is -0.0875. The Kier molecular flexibility index (Phi) is 4.66. The molecule has 1 saturated carbocycles. The van der Waals surface area contributed by atoms with Crippen molar-refractivity contribution in [1.82, 2.24) is 4.90 Å². The number of rotatable bonds is 5. The van der Waals surface area contributed by atoms with E-state index in [9.17, 15) is 4.79 Å². The zero-order valence-corrected chi connectivity index (χ0v) is 11.6. The number of carbonyl (C=O) groups excluding carboxylic acids is 1. The second-order valence-corrected chi connectivity index (χ2v) is 5.31. The van der Waals surface area contributed by atoms with Crippen LogP contribution in [0.3, 0.4) is 0 Å². The molecule has 1 aromatic rings. The Morgan fingerprint density at radius 2 is 2.21 bits per heavy atom. The minimum Gasteiger partial charge on any atom is -0.399 e. The number of amides is 1. The van der Waals surface area contributed by atoms with Crippen molar-refractivity contribution in [2.45, 2.75) is 31.7 Å². The molecule has 3 N–H and O–H groups in total. The van der Waals surface area contributed by atoms with Crippen molar-refractivity contribution in [2.75, 3.05) is 18.9 Å². The fourth-order valence-corrected chi connectivity index (χ4v) is 2.45. The first-order valence-electron chi connectivity index (χ1n) is 6.60. The van der Waals surface area contributed by atoms with Gasteiger partial charge in [0.2, 0.25) is 0 Å². The second kappa shape index (κ2) is 6.26. The van der Waals surface area contributed by atoms with Gasteiger partial charge in [-0.2, -0.15) is 0 Å². The molecule has 19 heavy (non-hydrogen) atoms. The molecule has 0 atom stereocenters. The Morgan fingerprint density at radius 3 is 2.79 bits per heavy atom. The number of aliphatic hydroxyl groups excluding tert-OH is 1. The molecule has 0 heterocycles. The predicted octanol–water partition coefficient (Wildman–Crippen LogP) is 2.30. The average Bonchev–Trinajstić information content (AvgIpc) is 2.34. The van der Waals surface area contributed by atoms with Crippen molar-refractivity contribution < 1.29 is 9.90 Å². The van der Waals surface area contributed by atoms with Crippen LogP contribution in [-0.2, 0) is 0 Å². The number of carbonyl (C=O) groups is 1. The molecular formula is C14H19ClN2O2. The summed E-state index contributed by atoms with van der Waals surface area (Å²) in [6.45, 7) is 0.645. The summed E-state index contributed by atoms with van der Waals surface area (Å²) in [5, 5.41) is 9.38. The smallest absolute Gasteiger partial charge is 0.255 e. The number of nitrogens with two attached hydrogens (primary N) is 1. The van der Waals surface area contributed by atoms with Crippen LogP contribution in [0.1, 0.15) is 36.0 Å². The summed E-state index contributed by atoms with van der Waals surface area (Å²) < 4.78 is 0. The molecule has 0 bridgehead atoms. The molecule has 1 aliphatic rings. The molecule has 0 aromatic heterocycles. The average molecular weight is 283 g/mol. The van der Waals surface area contributed by atoms with Gasteiger partial charge in [0.05, 0.1) is 10.6 Å². The number of benzene rings is 1. The van der Waals surface area contributed by atoms with E-state index in [4.69, 9.17) is 22.4 Å². The molecule has 4 nitrogen and oxygen atoms in total. The summed E-state index contributed by atoms with van der Waals surface area (Å²) in [6, 6.07) is 5.22. The van der Waals surface area contributed by atoms with Crippen LogP contribution in [0.15, 0.2) is 18.2 Å². The predicted molar refractivity (Wildman–Crippen MR) is 76.2 cm³/mol. The van der Waals surface area contributed by atoms with Gasteiger partial charge < -0.3 is 15.7 Å². The molecule has 104 valence electrons. The van der Waals surface area contributed by atoms with Crippen LogP contribution in [0.2, 0.25) is 5.02 Å². The fraction of sp³-hybridized carbons (Fsp3) is 0.500. The molecule has 0 unspecified atom stereocenters. The summed E-state index contributed by atoms with van der Waals surface area (Å²) in [7, 11) is 0. The third-order valence-electron chi connectivity index (χ3n) is 3.55. The van der Waals surface area contributed by atoms with Crippen LogP contribution in [-0.4, -0.2) is 35.1 Å². The van der Waals surface area contributed by atoms with Gasteiger partial charge in [0.15, 0.2) is 0 Å². The highest BCUT2D eigenvalue weighted by molar-refractivity contribution is 6.34. The molecule has 1 amide bonds. The third-order valence-corrected chi connectivity index (χ3v) is 3.88. The van der Waals surface area contributed by atoms with E-state index >= 15 is 0 Å². The maximum Gasteiger partial charge on any atom is 0.255 e. The van der Waals surface area contributed by atoms with E-state index < -0.39 is 0 Å². The minimum atomic E-state index is -0.0875. The van der Waals surface area contributed by atoms with E-state index in [1.165, 1.54) is 0 Å². The zero-order valence-electron chi connectivity index (χ0n) is 10.8. The number of anilines is 1. The van der Waals surface area contributed by atoms with E-state index in [-0.39, 0.29) is 18.6 Å². The van der Waals surface area contributed by atoms with E-state index in [1.54, 1.807) is 18.2 Å². The Balaban J connectivity index is 2.19. The monoisotopic (exact) mass is 282 g/mol. The van der Waals surface area contributed by atoms with E-state index in [0.717, 1.165) is 19.3 Å². The fourth-order valence-electron chi connectivity index (χ4n) is 2.25. The topological polar surface area (TPSA) is 66.6 Å².